The van der Waals surface area contributed by atoms with E-state index in [9.17, 15) is 22.0 Å². The fourth-order valence-electron chi connectivity index (χ4n) is 1.26. The quantitative estimate of drug-likeness (QED) is 0.829. The van der Waals surface area contributed by atoms with E-state index in [1.165, 1.54) is 0 Å². The fraction of sp³-hybridized carbons (Fsp3) is 0.333. The van der Waals surface area contributed by atoms with Gasteiger partial charge in [0.25, 0.3) is 0 Å². The van der Waals surface area contributed by atoms with Crippen LogP contribution in [-0.2, 0) is 0 Å². The Morgan fingerprint density at radius 2 is 1.62 bits per heavy atom. The number of halogens is 6. The smallest absolute Gasteiger partial charge is 0.323 e. The number of nitrogens with two attached hydrogens (primary N) is 1. The van der Waals surface area contributed by atoms with Crippen LogP contribution in [0.2, 0.25) is 0 Å². The molecule has 0 aliphatic heterocycles. The minimum atomic E-state index is -4.56. The van der Waals surface area contributed by atoms with Gasteiger partial charge < -0.3 is 5.73 Å². The van der Waals surface area contributed by atoms with Crippen LogP contribution in [0.1, 0.15) is 18.0 Å². The van der Waals surface area contributed by atoms with Gasteiger partial charge in [0, 0.05) is 16.1 Å². The topological polar surface area (TPSA) is 26.0 Å². The molecule has 0 saturated carbocycles. The van der Waals surface area contributed by atoms with Crippen molar-refractivity contribution in [3.05, 3.63) is 33.8 Å². The molecule has 0 bridgehead atoms. The van der Waals surface area contributed by atoms with Crippen molar-refractivity contribution >= 4 is 15.9 Å². The summed E-state index contributed by atoms with van der Waals surface area (Å²) in [5, 5.41) is 0. The van der Waals surface area contributed by atoms with Gasteiger partial charge in [-0.1, -0.05) is 15.9 Å². The first-order valence-corrected chi connectivity index (χ1v) is 4.97. The molecule has 1 nitrogen and oxygen atoms in total. The Balaban J connectivity index is 3.04. The van der Waals surface area contributed by atoms with Crippen molar-refractivity contribution in [2.75, 3.05) is 0 Å². The zero-order chi connectivity index (χ0) is 12.5. The van der Waals surface area contributed by atoms with Gasteiger partial charge in [-0.3, -0.25) is 0 Å². The molecule has 0 heterocycles. The molecule has 0 radical (unpaired) electrons. The Hall–Kier alpha value is -0.690. The van der Waals surface area contributed by atoms with Crippen molar-refractivity contribution in [2.45, 2.75) is 18.6 Å². The minimum Gasteiger partial charge on any atom is -0.323 e. The molecule has 1 aromatic carbocycles. The van der Waals surface area contributed by atoms with Crippen LogP contribution < -0.4 is 5.73 Å². The molecule has 1 rings (SSSR count). The lowest BCUT2D eigenvalue weighted by Crippen LogP contribution is -2.22. The van der Waals surface area contributed by atoms with E-state index in [0.29, 0.717) is 0 Å². The summed E-state index contributed by atoms with van der Waals surface area (Å²) in [5.74, 6) is -2.19. The van der Waals surface area contributed by atoms with Gasteiger partial charge in [-0.2, -0.15) is 13.2 Å². The first kappa shape index (κ1) is 13.4. The molecule has 1 aromatic rings. The van der Waals surface area contributed by atoms with Gasteiger partial charge in [0.1, 0.15) is 11.6 Å². The van der Waals surface area contributed by atoms with E-state index in [0.717, 1.165) is 12.1 Å². The molecule has 0 amide bonds. The lowest BCUT2D eigenvalue weighted by atomic mass is 10.0. The summed E-state index contributed by atoms with van der Waals surface area (Å²) in [6.07, 6.45) is -6.03. The third-order valence-corrected chi connectivity index (χ3v) is 2.32. The van der Waals surface area contributed by atoms with Crippen LogP contribution in [0.25, 0.3) is 0 Å². The van der Waals surface area contributed by atoms with E-state index < -0.39 is 35.8 Å². The predicted molar refractivity (Wildman–Crippen MR) is 51.7 cm³/mol. The van der Waals surface area contributed by atoms with E-state index >= 15 is 0 Å². The predicted octanol–water partition coefficient (Wildman–Crippen LogP) is 3.68. The highest BCUT2D eigenvalue weighted by molar-refractivity contribution is 9.10. The van der Waals surface area contributed by atoms with Crippen LogP contribution in [-0.4, -0.2) is 6.18 Å². The van der Waals surface area contributed by atoms with Crippen molar-refractivity contribution in [2.24, 2.45) is 5.73 Å². The largest absolute Gasteiger partial charge is 0.390 e. The molecular formula is C9H7BrF5N. The summed E-state index contributed by atoms with van der Waals surface area (Å²) in [6.45, 7) is 0. The van der Waals surface area contributed by atoms with E-state index in [1.54, 1.807) is 0 Å². The van der Waals surface area contributed by atoms with E-state index in [2.05, 4.69) is 15.9 Å². The maximum absolute atomic E-state index is 13.2. The van der Waals surface area contributed by atoms with Gasteiger partial charge in [0.05, 0.1) is 6.42 Å². The van der Waals surface area contributed by atoms with Crippen molar-refractivity contribution in [3.8, 4) is 0 Å². The second kappa shape index (κ2) is 4.67. The van der Waals surface area contributed by atoms with Crippen LogP contribution in [0.15, 0.2) is 16.6 Å². The zero-order valence-corrected chi connectivity index (χ0v) is 9.37. The Morgan fingerprint density at radius 1 is 1.19 bits per heavy atom. The van der Waals surface area contributed by atoms with E-state index in [-0.39, 0.29) is 4.47 Å². The number of rotatable bonds is 2. The molecule has 2 N–H and O–H groups in total. The number of alkyl halides is 3. The molecule has 0 aliphatic carbocycles. The van der Waals surface area contributed by atoms with Crippen molar-refractivity contribution < 1.29 is 22.0 Å². The highest BCUT2D eigenvalue weighted by Crippen LogP contribution is 2.31. The molecule has 0 saturated heterocycles. The normalized spacial score (nSPS) is 13.9. The van der Waals surface area contributed by atoms with Crippen LogP contribution in [0.4, 0.5) is 22.0 Å². The first-order chi connectivity index (χ1) is 7.20. The Labute approximate surface area is 96.6 Å². The number of hydrogen-bond acceptors (Lipinski definition) is 1. The number of benzene rings is 1. The van der Waals surface area contributed by atoms with Crippen molar-refractivity contribution in [1.29, 1.82) is 0 Å². The highest BCUT2D eigenvalue weighted by atomic mass is 79.9. The summed E-state index contributed by atoms with van der Waals surface area (Å²) < 4.78 is 62.5. The molecule has 0 spiro atoms. The van der Waals surface area contributed by atoms with Crippen LogP contribution in [0.3, 0.4) is 0 Å². The molecule has 0 unspecified atom stereocenters. The molecule has 0 aromatic heterocycles. The third-order valence-electron chi connectivity index (χ3n) is 1.87. The minimum absolute atomic E-state index is 0.102. The lowest BCUT2D eigenvalue weighted by Gasteiger charge is -2.16. The molecule has 90 valence electrons. The third kappa shape index (κ3) is 3.41. The summed E-state index contributed by atoms with van der Waals surface area (Å²) in [4.78, 5) is 0. The SMILES string of the molecule is N[C@@H](CC(F)(F)F)c1c(F)cc(Br)cc1F. The van der Waals surface area contributed by atoms with Gasteiger partial charge in [0.15, 0.2) is 0 Å². The lowest BCUT2D eigenvalue weighted by molar-refractivity contribution is -0.138. The molecule has 7 heteroatoms. The Bertz CT molecular complexity index is 367. The molecule has 0 fully saturated rings. The van der Waals surface area contributed by atoms with Gasteiger partial charge in [0.2, 0.25) is 0 Å². The summed E-state index contributed by atoms with van der Waals surface area (Å²) in [6, 6.07) is -0.00312. The maximum atomic E-state index is 13.2. The maximum Gasteiger partial charge on any atom is 0.390 e. The first-order valence-electron chi connectivity index (χ1n) is 4.17. The monoisotopic (exact) mass is 303 g/mol. The van der Waals surface area contributed by atoms with Gasteiger partial charge in [-0.05, 0) is 12.1 Å². The summed E-state index contributed by atoms with van der Waals surface area (Å²) in [7, 11) is 0. The number of hydrogen-bond donors (Lipinski definition) is 1. The Kier molecular flexibility index (Phi) is 3.90. The van der Waals surface area contributed by atoms with Gasteiger partial charge >= 0.3 is 6.18 Å². The van der Waals surface area contributed by atoms with E-state index in [4.69, 9.17) is 5.73 Å². The Morgan fingerprint density at radius 3 is 2.00 bits per heavy atom. The standard InChI is InChI=1S/C9H7BrF5N/c10-4-1-5(11)8(6(12)2-4)7(16)3-9(13,14)15/h1-2,7H,3,16H2/t7-/m0/s1. The summed E-state index contributed by atoms with van der Waals surface area (Å²) >= 11 is 2.81. The molecule has 1 atom stereocenters. The zero-order valence-electron chi connectivity index (χ0n) is 7.78. The average molecular weight is 304 g/mol. The second-order valence-corrected chi connectivity index (χ2v) is 4.12. The van der Waals surface area contributed by atoms with Crippen LogP contribution in [0, 0.1) is 11.6 Å². The molecular weight excluding hydrogens is 297 g/mol. The van der Waals surface area contributed by atoms with Crippen LogP contribution >= 0.6 is 15.9 Å². The van der Waals surface area contributed by atoms with Crippen LogP contribution in [0.5, 0.6) is 0 Å². The van der Waals surface area contributed by atoms with Crippen molar-refractivity contribution in [1.82, 2.24) is 0 Å². The van der Waals surface area contributed by atoms with Gasteiger partial charge in [-0.25, -0.2) is 8.78 Å². The average Bonchev–Trinajstić information content (AvgIpc) is 1.96. The fourth-order valence-corrected chi connectivity index (χ4v) is 1.66. The second-order valence-electron chi connectivity index (χ2n) is 3.21. The van der Waals surface area contributed by atoms with Crippen molar-refractivity contribution in [3.63, 3.8) is 0 Å². The van der Waals surface area contributed by atoms with Gasteiger partial charge in [-0.15, -0.1) is 0 Å². The summed E-state index contributed by atoms with van der Waals surface area (Å²) in [5.41, 5.74) is 4.37. The molecule has 16 heavy (non-hydrogen) atoms. The molecule has 0 aliphatic rings. The van der Waals surface area contributed by atoms with E-state index in [1.807, 2.05) is 0 Å². The highest BCUT2D eigenvalue weighted by Gasteiger charge is 2.33.